The van der Waals surface area contributed by atoms with Crippen LogP contribution in [0, 0.1) is 46.3 Å². The van der Waals surface area contributed by atoms with Gasteiger partial charge in [0, 0.05) is 12.8 Å². The van der Waals surface area contributed by atoms with Crippen LogP contribution in [0.15, 0.2) is 30.3 Å². The van der Waals surface area contributed by atoms with Crippen molar-refractivity contribution in [2.45, 2.75) is 130 Å². The predicted molar refractivity (Wildman–Crippen MR) is 162 cm³/mol. The first-order valence-corrected chi connectivity index (χ1v) is 19.4. The van der Waals surface area contributed by atoms with Crippen molar-refractivity contribution in [2.75, 3.05) is 0 Å². The molecule has 0 amide bonds. The van der Waals surface area contributed by atoms with E-state index in [1.165, 1.54) is 45.4 Å². The molecule has 4 aliphatic rings. The number of alkyl halides is 3. The summed E-state index contributed by atoms with van der Waals surface area (Å²) in [5.74, 6) is 3.79. The van der Waals surface area contributed by atoms with Crippen LogP contribution in [0.4, 0.5) is 13.2 Å². The highest BCUT2D eigenvalue weighted by atomic mass is 28.4. The minimum Gasteiger partial charge on any atom is -0.399 e. The number of hydrogen-bond donors (Lipinski definition) is 0. The second kappa shape index (κ2) is 11.1. The molecule has 0 saturated heterocycles. The van der Waals surface area contributed by atoms with Crippen molar-refractivity contribution in [1.29, 1.82) is 0 Å². The summed E-state index contributed by atoms with van der Waals surface area (Å²) in [6.45, 7) is 12.3. The monoisotopic (exact) mass is 590 g/mol. The van der Waals surface area contributed by atoms with Crippen LogP contribution < -0.4 is 5.19 Å². The van der Waals surface area contributed by atoms with Gasteiger partial charge in [0.2, 0.25) is 8.32 Å². The predicted octanol–water partition coefficient (Wildman–Crippen LogP) is 9.47. The largest absolute Gasteiger partial charge is 0.416 e. The average molecular weight is 591 g/mol. The van der Waals surface area contributed by atoms with E-state index in [9.17, 15) is 18.0 Å². The zero-order chi connectivity index (χ0) is 29.8. The summed E-state index contributed by atoms with van der Waals surface area (Å²) in [6.07, 6.45) is 7.08. The molecule has 0 heterocycles. The van der Waals surface area contributed by atoms with Crippen molar-refractivity contribution in [3.63, 3.8) is 0 Å². The summed E-state index contributed by atoms with van der Waals surface area (Å²) in [6, 6.07) is 9.47. The van der Waals surface area contributed by atoms with Gasteiger partial charge in [0.05, 0.1) is 0 Å². The number of fused-ring (bicyclic) bond motifs is 5. The van der Waals surface area contributed by atoms with Gasteiger partial charge in [-0.1, -0.05) is 51.1 Å². The van der Waals surface area contributed by atoms with Gasteiger partial charge in [-0.05, 0) is 136 Å². The summed E-state index contributed by atoms with van der Waals surface area (Å²) in [7, 11) is -2.76. The van der Waals surface area contributed by atoms with Crippen LogP contribution in [0.3, 0.4) is 0 Å². The highest BCUT2D eigenvalue weighted by Crippen LogP contribution is 2.68. The lowest BCUT2D eigenvalue weighted by molar-refractivity contribution is -0.248. The van der Waals surface area contributed by atoms with E-state index in [0.29, 0.717) is 41.8 Å². The highest BCUT2D eigenvalue weighted by Gasteiger charge is 2.61. The fourth-order valence-electron chi connectivity index (χ4n) is 10.7. The molecule has 230 valence electrons. The second-order valence-electron chi connectivity index (χ2n) is 15.7. The second-order valence-corrected chi connectivity index (χ2v) is 19.5. The molecule has 0 bridgehead atoms. The summed E-state index contributed by atoms with van der Waals surface area (Å²) < 4.78 is 50.0. The number of halogens is 3. The fraction of sp³-hybridized carbons (Fsp3) is 0.800. The van der Waals surface area contributed by atoms with E-state index in [1.807, 2.05) is 43.4 Å². The van der Waals surface area contributed by atoms with Gasteiger partial charge in [0.15, 0.2) is 0 Å². The zero-order valence-electron chi connectivity index (χ0n) is 26.3. The lowest BCUT2D eigenvalue weighted by atomic mass is 9.46. The highest BCUT2D eigenvalue weighted by molar-refractivity contribution is 6.84. The van der Waals surface area contributed by atoms with Gasteiger partial charge < -0.3 is 4.43 Å². The van der Waals surface area contributed by atoms with Crippen LogP contribution in [-0.4, -0.2) is 25.9 Å². The van der Waals surface area contributed by atoms with Crippen molar-refractivity contribution in [3.05, 3.63) is 30.3 Å². The quantitative estimate of drug-likeness (QED) is 0.296. The van der Waals surface area contributed by atoms with Crippen molar-refractivity contribution in [1.82, 2.24) is 0 Å². The molecule has 0 aliphatic heterocycles. The van der Waals surface area contributed by atoms with Crippen molar-refractivity contribution < 1.29 is 22.4 Å². The Bertz CT molecular complexity index is 1090. The standard InChI is InChI=1S/C35H53F3O2Si/c1-24(18-22-34(4,35(36,37)38)40-41(5,6)27-12-8-7-9-13-27)29-16-17-30-28-15-14-25-23-26(39)11-10-20-32(25,2)31(28)19-21-33(29,30)3/h7-9,12-13,24-25,28-31H,10-11,14-23H2,1-6H3/t24-,25+,28+,29-,30+,31+,32+,33-,34-/m1/s1. The lowest BCUT2D eigenvalue weighted by Crippen LogP contribution is -2.57. The van der Waals surface area contributed by atoms with Crippen LogP contribution in [0.5, 0.6) is 0 Å². The first-order chi connectivity index (χ1) is 19.1. The zero-order valence-corrected chi connectivity index (χ0v) is 27.3. The maximum Gasteiger partial charge on any atom is 0.416 e. The van der Waals surface area contributed by atoms with Gasteiger partial charge >= 0.3 is 6.18 Å². The number of hydrogen-bond acceptors (Lipinski definition) is 2. The third-order valence-electron chi connectivity index (χ3n) is 13.1. The van der Waals surface area contributed by atoms with E-state index in [-0.39, 0.29) is 23.2 Å². The van der Waals surface area contributed by atoms with Crippen molar-refractivity contribution in [3.8, 4) is 0 Å². The average Bonchev–Trinajstić information content (AvgIpc) is 3.17. The maximum absolute atomic E-state index is 14.6. The van der Waals surface area contributed by atoms with Crippen molar-refractivity contribution >= 4 is 19.3 Å². The van der Waals surface area contributed by atoms with Gasteiger partial charge in [-0.2, -0.15) is 13.2 Å². The van der Waals surface area contributed by atoms with E-state index in [4.69, 9.17) is 4.43 Å². The fourth-order valence-corrected chi connectivity index (χ4v) is 13.2. The topological polar surface area (TPSA) is 26.3 Å². The van der Waals surface area contributed by atoms with E-state index in [2.05, 4.69) is 20.8 Å². The molecule has 0 radical (unpaired) electrons. The third-order valence-corrected chi connectivity index (χ3v) is 15.8. The first kappa shape index (κ1) is 31.3. The molecule has 2 nitrogen and oxygen atoms in total. The molecule has 0 unspecified atom stereocenters. The molecule has 0 spiro atoms. The van der Waals surface area contributed by atoms with Crippen LogP contribution in [-0.2, 0) is 9.22 Å². The molecule has 9 atom stereocenters. The van der Waals surface area contributed by atoms with E-state index in [0.717, 1.165) is 30.9 Å². The van der Waals surface area contributed by atoms with Crippen molar-refractivity contribution in [2.24, 2.45) is 46.3 Å². The first-order valence-electron chi connectivity index (χ1n) is 16.4. The molecule has 1 aromatic carbocycles. The molecular weight excluding hydrogens is 537 g/mol. The SMILES string of the molecule is C[C@H](CC[C@@](C)(O[Si](C)(C)c1ccccc1)C(F)(F)F)[C@H]1CC[C@H]2[C@@H]3CC[C@H]4CC(=O)CCC[C@]4(C)[C@H]3CC[C@]12C. The van der Waals surface area contributed by atoms with E-state index in [1.54, 1.807) is 0 Å². The van der Waals surface area contributed by atoms with Gasteiger partial charge in [-0.3, -0.25) is 4.79 Å². The molecule has 41 heavy (non-hydrogen) atoms. The summed E-state index contributed by atoms with van der Waals surface area (Å²) in [5, 5.41) is 0.896. The van der Waals surface area contributed by atoms with Gasteiger partial charge in [0.1, 0.15) is 11.4 Å². The maximum atomic E-state index is 14.6. The Morgan fingerprint density at radius 3 is 2.34 bits per heavy atom. The molecule has 4 saturated carbocycles. The Morgan fingerprint density at radius 1 is 0.976 bits per heavy atom. The van der Waals surface area contributed by atoms with E-state index >= 15 is 0 Å². The summed E-state index contributed by atoms with van der Waals surface area (Å²) in [4.78, 5) is 12.5. The lowest BCUT2D eigenvalue weighted by Gasteiger charge is -2.59. The minimum absolute atomic E-state index is 0.0119. The third kappa shape index (κ3) is 5.63. The van der Waals surface area contributed by atoms with Crippen LogP contribution in [0.2, 0.25) is 13.1 Å². The molecule has 0 N–H and O–H groups in total. The molecule has 4 aliphatic carbocycles. The molecule has 4 fully saturated rings. The van der Waals surface area contributed by atoms with E-state index < -0.39 is 20.1 Å². The number of carbonyl (C=O) groups is 1. The Labute approximate surface area is 247 Å². The summed E-state index contributed by atoms with van der Waals surface area (Å²) >= 11 is 0. The Balaban J connectivity index is 1.29. The van der Waals surface area contributed by atoms with Gasteiger partial charge in [-0.15, -0.1) is 0 Å². The van der Waals surface area contributed by atoms with Gasteiger partial charge in [0.25, 0.3) is 0 Å². The molecular formula is C35H53F3O2Si. The number of Topliss-reactive ketones (excluding diaryl/α,β-unsaturated/α-hetero) is 1. The smallest absolute Gasteiger partial charge is 0.399 e. The molecule has 6 heteroatoms. The Hall–Kier alpha value is -1.14. The Kier molecular flexibility index (Phi) is 8.46. The minimum atomic E-state index is -4.42. The van der Waals surface area contributed by atoms with Crippen LogP contribution >= 0.6 is 0 Å². The van der Waals surface area contributed by atoms with Gasteiger partial charge in [-0.25, -0.2) is 0 Å². The normalized spacial score (nSPS) is 38.3. The molecule has 1 aromatic rings. The number of ketones is 1. The molecule has 0 aromatic heterocycles. The number of benzene rings is 1. The summed E-state index contributed by atoms with van der Waals surface area (Å²) in [5.41, 5.74) is -1.66. The van der Waals surface area contributed by atoms with Crippen LogP contribution in [0.25, 0.3) is 0 Å². The number of carbonyl (C=O) groups excluding carboxylic acids is 1. The van der Waals surface area contributed by atoms with Crippen LogP contribution in [0.1, 0.15) is 105 Å². The molecule has 5 rings (SSSR count). The number of rotatable bonds is 7. The Morgan fingerprint density at radius 2 is 1.66 bits per heavy atom.